The monoisotopic (exact) mass is 386 g/mol. The Kier molecular flexibility index (Phi) is 5.52. The van der Waals surface area contributed by atoms with Crippen LogP contribution >= 0.6 is 0 Å². The second-order valence-corrected chi connectivity index (χ2v) is 6.85. The van der Waals surface area contributed by atoms with Crippen molar-refractivity contribution in [2.75, 3.05) is 13.2 Å². The van der Waals surface area contributed by atoms with Crippen LogP contribution in [0.1, 0.15) is 21.5 Å². The van der Waals surface area contributed by atoms with E-state index in [1.165, 1.54) is 0 Å². The number of pyridine rings is 1. The van der Waals surface area contributed by atoms with Gasteiger partial charge in [-0.25, -0.2) is 9.67 Å². The third-order valence-electron chi connectivity index (χ3n) is 4.56. The Morgan fingerprint density at radius 1 is 1.07 bits per heavy atom. The van der Waals surface area contributed by atoms with Gasteiger partial charge < -0.3 is 10.1 Å². The van der Waals surface area contributed by atoms with E-state index in [-0.39, 0.29) is 5.91 Å². The predicted octanol–water partition coefficient (Wildman–Crippen LogP) is 3.60. The number of carbonyl (C=O) groups excluding carboxylic acids is 1. The average molecular weight is 386 g/mol. The van der Waals surface area contributed by atoms with Gasteiger partial charge >= 0.3 is 0 Å². The fourth-order valence-electron chi connectivity index (χ4n) is 3.11. The lowest BCUT2D eigenvalue weighted by molar-refractivity contribution is 0.0947. The number of nitrogens with zero attached hydrogens (tertiary/aromatic N) is 3. The molecule has 2 heterocycles. The summed E-state index contributed by atoms with van der Waals surface area (Å²) in [4.78, 5) is 16.9. The van der Waals surface area contributed by atoms with Crippen LogP contribution in [0.25, 0.3) is 11.0 Å². The van der Waals surface area contributed by atoms with E-state index >= 15 is 0 Å². The number of fused-ring (bicyclic) bond motifs is 1. The third-order valence-corrected chi connectivity index (χ3v) is 4.56. The summed E-state index contributed by atoms with van der Waals surface area (Å²) in [6.07, 6.45) is 3.32. The molecule has 4 rings (SSSR count). The highest BCUT2D eigenvalue weighted by atomic mass is 16.5. The van der Waals surface area contributed by atoms with Gasteiger partial charge in [-0.3, -0.25) is 4.79 Å². The van der Waals surface area contributed by atoms with Gasteiger partial charge in [0.15, 0.2) is 5.65 Å². The van der Waals surface area contributed by atoms with E-state index in [1.807, 2.05) is 72.3 Å². The molecule has 0 aliphatic heterocycles. The SMILES string of the molecule is Cc1cccc(OCCNC(=O)c2cnc3c(cnn3Cc3ccccc3)c2)c1. The highest BCUT2D eigenvalue weighted by Crippen LogP contribution is 2.15. The van der Waals surface area contributed by atoms with Crippen LogP contribution in [0.15, 0.2) is 73.1 Å². The maximum Gasteiger partial charge on any atom is 0.252 e. The number of carbonyl (C=O) groups is 1. The van der Waals surface area contributed by atoms with E-state index in [0.29, 0.717) is 25.3 Å². The predicted molar refractivity (Wildman–Crippen MR) is 112 cm³/mol. The molecule has 0 fully saturated rings. The number of ether oxygens (including phenoxy) is 1. The zero-order chi connectivity index (χ0) is 20.1. The molecule has 0 unspecified atom stereocenters. The standard InChI is InChI=1S/C23H22N4O2/c1-17-6-5-9-21(12-17)29-11-10-24-23(28)20-13-19-15-26-27(22(19)25-14-20)16-18-7-3-2-4-8-18/h2-9,12-15H,10-11,16H2,1H3,(H,24,28). The molecule has 1 amide bonds. The van der Waals surface area contributed by atoms with E-state index in [0.717, 1.165) is 27.9 Å². The van der Waals surface area contributed by atoms with E-state index in [4.69, 9.17) is 4.74 Å². The first-order chi connectivity index (χ1) is 14.2. The number of hydrogen-bond donors (Lipinski definition) is 1. The minimum absolute atomic E-state index is 0.178. The van der Waals surface area contributed by atoms with Crippen molar-refractivity contribution >= 4 is 16.9 Å². The van der Waals surface area contributed by atoms with Crippen LogP contribution < -0.4 is 10.1 Å². The van der Waals surface area contributed by atoms with Crippen molar-refractivity contribution in [2.24, 2.45) is 0 Å². The summed E-state index contributed by atoms with van der Waals surface area (Å²) in [6.45, 7) is 3.47. The lowest BCUT2D eigenvalue weighted by atomic mass is 10.2. The molecule has 0 aliphatic rings. The molecule has 0 radical (unpaired) electrons. The molecule has 29 heavy (non-hydrogen) atoms. The van der Waals surface area contributed by atoms with Crippen LogP contribution in [0.3, 0.4) is 0 Å². The van der Waals surface area contributed by atoms with Crippen LogP contribution in [-0.2, 0) is 6.54 Å². The van der Waals surface area contributed by atoms with Gasteiger partial charge in [0.25, 0.3) is 5.91 Å². The quantitative estimate of drug-likeness (QED) is 0.493. The van der Waals surface area contributed by atoms with E-state index in [9.17, 15) is 4.79 Å². The topological polar surface area (TPSA) is 69.0 Å². The molecule has 0 aliphatic carbocycles. The molecule has 0 spiro atoms. The highest BCUT2D eigenvalue weighted by molar-refractivity contribution is 5.96. The maximum atomic E-state index is 12.4. The highest BCUT2D eigenvalue weighted by Gasteiger charge is 2.10. The fraction of sp³-hybridized carbons (Fsp3) is 0.174. The maximum absolute atomic E-state index is 12.4. The van der Waals surface area contributed by atoms with Crippen molar-refractivity contribution in [3.8, 4) is 5.75 Å². The summed E-state index contributed by atoms with van der Waals surface area (Å²) in [5.74, 6) is 0.621. The largest absolute Gasteiger partial charge is 0.492 e. The van der Waals surface area contributed by atoms with Crippen LogP contribution in [0.4, 0.5) is 0 Å². The van der Waals surface area contributed by atoms with Gasteiger partial charge in [-0.15, -0.1) is 0 Å². The van der Waals surface area contributed by atoms with Crippen LogP contribution in [-0.4, -0.2) is 33.8 Å². The minimum atomic E-state index is -0.178. The van der Waals surface area contributed by atoms with Gasteiger partial charge in [-0.2, -0.15) is 5.10 Å². The van der Waals surface area contributed by atoms with E-state index in [2.05, 4.69) is 15.4 Å². The molecule has 0 atom stereocenters. The van der Waals surface area contributed by atoms with Gasteiger partial charge in [0.2, 0.25) is 0 Å². The molecular formula is C23H22N4O2. The van der Waals surface area contributed by atoms with Gasteiger partial charge in [0.05, 0.1) is 24.8 Å². The lowest BCUT2D eigenvalue weighted by Crippen LogP contribution is -2.28. The summed E-state index contributed by atoms with van der Waals surface area (Å²) in [7, 11) is 0. The Morgan fingerprint density at radius 3 is 2.76 bits per heavy atom. The van der Waals surface area contributed by atoms with E-state index in [1.54, 1.807) is 12.4 Å². The Hall–Kier alpha value is -3.67. The molecule has 146 valence electrons. The first kappa shape index (κ1) is 18.7. The summed E-state index contributed by atoms with van der Waals surface area (Å²) in [5.41, 5.74) is 3.55. The Labute approximate surface area is 169 Å². The number of aryl methyl sites for hydroxylation is 1. The smallest absolute Gasteiger partial charge is 0.252 e. The molecule has 6 nitrogen and oxygen atoms in total. The van der Waals surface area contributed by atoms with Crippen LogP contribution in [0.2, 0.25) is 0 Å². The second kappa shape index (κ2) is 8.56. The number of rotatable bonds is 7. The zero-order valence-corrected chi connectivity index (χ0v) is 16.2. The Morgan fingerprint density at radius 2 is 1.93 bits per heavy atom. The van der Waals surface area contributed by atoms with Gasteiger partial charge in [0, 0.05) is 11.6 Å². The average Bonchev–Trinajstić information content (AvgIpc) is 3.14. The van der Waals surface area contributed by atoms with Crippen molar-refractivity contribution in [2.45, 2.75) is 13.5 Å². The number of hydrogen-bond acceptors (Lipinski definition) is 4. The molecule has 4 aromatic rings. The molecule has 6 heteroatoms. The lowest BCUT2D eigenvalue weighted by Gasteiger charge is -2.08. The number of nitrogens with one attached hydrogen (secondary N) is 1. The van der Waals surface area contributed by atoms with Crippen molar-refractivity contribution in [1.82, 2.24) is 20.1 Å². The van der Waals surface area contributed by atoms with E-state index < -0.39 is 0 Å². The molecule has 0 saturated carbocycles. The second-order valence-electron chi connectivity index (χ2n) is 6.85. The summed E-state index contributed by atoms with van der Waals surface area (Å²) < 4.78 is 7.49. The van der Waals surface area contributed by atoms with Crippen molar-refractivity contribution in [1.29, 1.82) is 0 Å². The normalized spacial score (nSPS) is 10.8. The van der Waals surface area contributed by atoms with Crippen molar-refractivity contribution < 1.29 is 9.53 Å². The molecule has 0 bridgehead atoms. The van der Waals surface area contributed by atoms with Gasteiger partial charge in [-0.1, -0.05) is 42.5 Å². The number of aromatic nitrogens is 3. The Balaban J connectivity index is 1.36. The zero-order valence-electron chi connectivity index (χ0n) is 16.2. The van der Waals surface area contributed by atoms with Gasteiger partial charge in [0.1, 0.15) is 12.4 Å². The molecule has 0 saturated heterocycles. The fourth-order valence-corrected chi connectivity index (χ4v) is 3.11. The molecule has 2 aromatic heterocycles. The Bertz CT molecular complexity index is 1120. The molecule has 1 N–H and O–H groups in total. The summed E-state index contributed by atoms with van der Waals surface area (Å²) >= 11 is 0. The van der Waals surface area contributed by atoms with Crippen LogP contribution in [0.5, 0.6) is 5.75 Å². The van der Waals surface area contributed by atoms with Crippen molar-refractivity contribution in [3.63, 3.8) is 0 Å². The van der Waals surface area contributed by atoms with Gasteiger partial charge in [-0.05, 0) is 36.2 Å². The summed E-state index contributed by atoms with van der Waals surface area (Å²) in [5, 5.41) is 8.11. The molecule has 2 aromatic carbocycles. The summed E-state index contributed by atoms with van der Waals surface area (Å²) in [6, 6.07) is 19.7. The van der Waals surface area contributed by atoms with Crippen LogP contribution in [0, 0.1) is 6.92 Å². The number of amides is 1. The third kappa shape index (κ3) is 4.60. The number of benzene rings is 2. The molecular weight excluding hydrogens is 364 g/mol. The van der Waals surface area contributed by atoms with Crippen molar-refractivity contribution in [3.05, 3.63) is 89.7 Å². The first-order valence-corrected chi connectivity index (χ1v) is 9.52. The minimum Gasteiger partial charge on any atom is -0.492 e. The first-order valence-electron chi connectivity index (χ1n) is 9.52.